The van der Waals surface area contributed by atoms with Crippen molar-refractivity contribution < 1.29 is 42.1 Å². The number of rotatable bonds is 10. The number of carboxylic acid groups (broad SMARTS) is 1. The van der Waals surface area contributed by atoms with E-state index < -0.39 is 18.1 Å². The monoisotopic (exact) mass is 606 g/mol. The lowest BCUT2D eigenvalue weighted by molar-refractivity contribution is -0.192. The van der Waals surface area contributed by atoms with Crippen LogP contribution in [0.4, 0.5) is 13.2 Å². The molecule has 0 bridgehead atoms. The van der Waals surface area contributed by atoms with Gasteiger partial charge in [-0.05, 0) is 43.3 Å². The van der Waals surface area contributed by atoms with Crippen LogP contribution in [0.25, 0.3) is 6.08 Å². The summed E-state index contributed by atoms with van der Waals surface area (Å²) >= 11 is 0. The smallest absolute Gasteiger partial charge is 0.490 e. The van der Waals surface area contributed by atoms with Crippen LogP contribution in [0.5, 0.6) is 11.5 Å². The Morgan fingerprint density at radius 2 is 1.65 bits per heavy atom. The first-order chi connectivity index (χ1) is 20.2. The Bertz CT molecular complexity index is 1340. The molecule has 8 N–H and O–H groups in total. The molecule has 1 fully saturated rings. The van der Waals surface area contributed by atoms with Gasteiger partial charge in [-0.25, -0.2) is 4.79 Å². The molecule has 0 spiro atoms. The molecule has 0 aromatic heterocycles. The number of carboxylic acids is 1. The number of amides is 2. The van der Waals surface area contributed by atoms with Gasteiger partial charge in [0.25, 0.3) is 5.91 Å². The summed E-state index contributed by atoms with van der Waals surface area (Å²) in [6, 6.07) is 11.9. The molecule has 15 heteroatoms. The van der Waals surface area contributed by atoms with Gasteiger partial charge in [0, 0.05) is 48.7 Å². The lowest BCUT2D eigenvalue weighted by atomic mass is 10.1. The molecule has 2 aromatic carbocycles. The highest BCUT2D eigenvalue weighted by molar-refractivity contribution is 5.96. The fourth-order valence-electron chi connectivity index (χ4n) is 3.75. The van der Waals surface area contributed by atoms with Crippen LogP contribution in [0.3, 0.4) is 0 Å². The minimum Gasteiger partial charge on any atom is -0.491 e. The number of piperidine rings is 1. The molecule has 232 valence electrons. The van der Waals surface area contributed by atoms with Crippen molar-refractivity contribution in [2.45, 2.75) is 32.0 Å². The number of nitrogen functional groups attached to an aromatic ring is 1. The largest absolute Gasteiger partial charge is 0.491 e. The number of hydrogen-bond acceptors (Lipinski definition) is 7. The molecule has 1 saturated heterocycles. The van der Waals surface area contributed by atoms with E-state index in [1.54, 1.807) is 49.4 Å². The standard InChI is InChI=1S/C26H32N6O4.C2HF3O2/c1-17(27)32-13-10-22(11-14-32)36-21-7-4-19(5-8-21)26(34)31-12-15-35-23-16-20(25(29)30)3-2-18(23)6-9-24(28)33;3-2(4,5)1(6)7/h2-9,16,22,27H,10-15H2,1H3,(H2,28,33)(H3,29,30)(H,31,34);(H,6,7)/b9-6+,27-17?;. The van der Waals surface area contributed by atoms with Gasteiger partial charge in [0.15, 0.2) is 0 Å². The number of carbonyl (C=O) groups is 3. The van der Waals surface area contributed by atoms with Gasteiger partial charge < -0.3 is 36.3 Å². The number of nitrogens with one attached hydrogen (secondary N) is 3. The van der Waals surface area contributed by atoms with Crippen LogP contribution in [-0.2, 0) is 9.59 Å². The highest BCUT2D eigenvalue weighted by atomic mass is 19.4. The van der Waals surface area contributed by atoms with Crippen molar-refractivity contribution in [3.05, 3.63) is 65.2 Å². The van der Waals surface area contributed by atoms with Gasteiger partial charge in [0.2, 0.25) is 5.91 Å². The third-order valence-electron chi connectivity index (χ3n) is 5.97. The Balaban J connectivity index is 0.000000821. The predicted molar refractivity (Wildman–Crippen MR) is 152 cm³/mol. The van der Waals surface area contributed by atoms with E-state index in [1.807, 2.05) is 4.90 Å². The average Bonchev–Trinajstić information content (AvgIpc) is 2.94. The van der Waals surface area contributed by atoms with Crippen LogP contribution in [0.1, 0.15) is 41.3 Å². The number of ether oxygens (including phenoxy) is 2. The predicted octanol–water partition coefficient (Wildman–Crippen LogP) is 2.75. The zero-order valence-corrected chi connectivity index (χ0v) is 23.2. The number of nitrogens with zero attached hydrogens (tertiary/aromatic N) is 1. The number of likely N-dealkylation sites (tertiary alicyclic amines) is 1. The van der Waals surface area contributed by atoms with Crippen molar-refractivity contribution in [1.82, 2.24) is 10.2 Å². The number of hydrogen-bond donors (Lipinski definition) is 6. The second-order valence-corrected chi connectivity index (χ2v) is 9.22. The molecular formula is C28H33F3N6O6. The van der Waals surface area contributed by atoms with Crippen molar-refractivity contribution in [2.24, 2.45) is 11.5 Å². The molecule has 0 saturated carbocycles. The SMILES string of the molecule is CC(=N)N1CCC(Oc2ccc(C(=O)NCCOc3cc(C(=N)N)ccc3/C=C/C(N)=O)cc2)CC1.O=C(O)C(F)(F)F. The topological polar surface area (TPSA) is 205 Å². The Morgan fingerprint density at radius 3 is 2.16 bits per heavy atom. The van der Waals surface area contributed by atoms with Crippen molar-refractivity contribution in [3.8, 4) is 11.5 Å². The van der Waals surface area contributed by atoms with Gasteiger partial charge in [0.1, 0.15) is 30.0 Å². The summed E-state index contributed by atoms with van der Waals surface area (Å²) in [6.07, 6.45) is -0.546. The molecule has 0 aliphatic carbocycles. The maximum atomic E-state index is 12.5. The van der Waals surface area contributed by atoms with E-state index in [0.29, 0.717) is 34.0 Å². The fraction of sp³-hybridized carbons (Fsp3) is 0.321. The van der Waals surface area contributed by atoms with Crippen molar-refractivity contribution in [1.29, 1.82) is 10.8 Å². The van der Waals surface area contributed by atoms with E-state index in [9.17, 15) is 22.8 Å². The van der Waals surface area contributed by atoms with E-state index in [1.165, 1.54) is 12.2 Å². The first-order valence-corrected chi connectivity index (χ1v) is 12.9. The third-order valence-corrected chi connectivity index (χ3v) is 5.97. The molecule has 1 aliphatic rings. The van der Waals surface area contributed by atoms with Crippen LogP contribution in [-0.4, -0.2) is 78.0 Å². The summed E-state index contributed by atoms with van der Waals surface area (Å²) in [5.41, 5.74) is 12.3. The summed E-state index contributed by atoms with van der Waals surface area (Å²) in [7, 11) is 0. The van der Waals surface area contributed by atoms with Crippen LogP contribution >= 0.6 is 0 Å². The maximum absolute atomic E-state index is 12.5. The quantitative estimate of drug-likeness (QED) is 0.102. The average molecular weight is 607 g/mol. The van der Waals surface area contributed by atoms with Gasteiger partial charge in [-0.15, -0.1) is 0 Å². The molecule has 2 amide bonds. The number of primary amides is 1. The first kappa shape index (κ1) is 34.1. The minimum atomic E-state index is -5.08. The van der Waals surface area contributed by atoms with E-state index in [2.05, 4.69) is 5.32 Å². The summed E-state index contributed by atoms with van der Waals surface area (Å²) in [5, 5.41) is 25.2. The van der Waals surface area contributed by atoms with Gasteiger partial charge >= 0.3 is 12.1 Å². The fourth-order valence-corrected chi connectivity index (χ4v) is 3.75. The number of amidine groups is 2. The highest BCUT2D eigenvalue weighted by Gasteiger charge is 2.38. The molecule has 0 atom stereocenters. The van der Waals surface area contributed by atoms with Crippen LogP contribution in [0.15, 0.2) is 48.5 Å². The summed E-state index contributed by atoms with van der Waals surface area (Å²) in [6.45, 7) is 3.82. The molecule has 2 aromatic rings. The van der Waals surface area contributed by atoms with Crippen molar-refractivity contribution in [2.75, 3.05) is 26.2 Å². The number of halogens is 3. The summed E-state index contributed by atoms with van der Waals surface area (Å²) in [5.74, 6) is -2.00. The number of benzene rings is 2. The Labute approximate surface area is 245 Å². The summed E-state index contributed by atoms with van der Waals surface area (Å²) < 4.78 is 43.5. The van der Waals surface area contributed by atoms with Crippen molar-refractivity contribution in [3.63, 3.8) is 0 Å². The van der Waals surface area contributed by atoms with Gasteiger partial charge in [0.05, 0.1) is 12.4 Å². The second-order valence-electron chi connectivity index (χ2n) is 9.22. The lowest BCUT2D eigenvalue weighted by Gasteiger charge is -2.32. The molecule has 0 radical (unpaired) electrons. The van der Waals surface area contributed by atoms with Gasteiger partial charge in [-0.2, -0.15) is 13.2 Å². The second kappa shape index (κ2) is 15.8. The Morgan fingerprint density at radius 1 is 1.07 bits per heavy atom. The number of aliphatic carboxylic acids is 1. The molecule has 0 unspecified atom stereocenters. The molecule has 1 aliphatic heterocycles. The van der Waals surface area contributed by atoms with E-state index in [4.69, 9.17) is 41.7 Å². The third kappa shape index (κ3) is 11.7. The minimum absolute atomic E-state index is 0.0987. The van der Waals surface area contributed by atoms with Crippen molar-refractivity contribution >= 4 is 35.5 Å². The Hall–Kier alpha value is -5.08. The zero-order chi connectivity index (χ0) is 32.2. The normalized spacial score (nSPS) is 13.4. The van der Waals surface area contributed by atoms with Gasteiger partial charge in [-0.1, -0.05) is 12.1 Å². The van der Waals surface area contributed by atoms with E-state index >= 15 is 0 Å². The molecule has 12 nitrogen and oxygen atoms in total. The maximum Gasteiger partial charge on any atom is 0.490 e. The molecule has 1 heterocycles. The molecular weight excluding hydrogens is 573 g/mol. The number of alkyl halides is 3. The zero-order valence-electron chi connectivity index (χ0n) is 23.2. The van der Waals surface area contributed by atoms with E-state index in [-0.39, 0.29) is 31.0 Å². The number of nitrogens with two attached hydrogens (primary N) is 2. The number of carbonyl (C=O) groups excluding carboxylic acids is 2. The highest BCUT2D eigenvalue weighted by Crippen LogP contribution is 2.22. The molecule has 3 rings (SSSR count). The van der Waals surface area contributed by atoms with Gasteiger partial charge in [-0.3, -0.25) is 20.4 Å². The Kier molecular flexibility index (Phi) is 12.5. The lowest BCUT2D eigenvalue weighted by Crippen LogP contribution is -2.40. The first-order valence-electron chi connectivity index (χ1n) is 12.9. The summed E-state index contributed by atoms with van der Waals surface area (Å²) in [4.78, 5) is 34.5. The van der Waals surface area contributed by atoms with Crippen LogP contribution in [0.2, 0.25) is 0 Å². The van der Waals surface area contributed by atoms with Crippen LogP contribution in [0, 0.1) is 10.8 Å². The van der Waals surface area contributed by atoms with E-state index in [0.717, 1.165) is 25.9 Å². The van der Waals surface area contributed by atoms with Crippen LogP contribution < -0.4 is 26.3 Å². The molecule has 43 heavy (non-hydrogen) atoms.